The number of rotatable bonds is 1. The molecule has 0 aliphatic heterocycles. The van der Waals surface area contributed by atoms with E-state index in [0.29, 0.717) is 0 Å². The van der Waals surface area contributed by atoms with Gasteiger partial charge in [-0.25, -0.2) is 0 Å². The molecule has 0 amide bonds. The van der Waals surface area contributed by atoms with E-state index in [2.05, 4.69) is 26.0 Å². The number of hydrogen-bond acceptors (Lipinski definition) is 2. The second kappa shape index (κ2) is 3.90. The molecule has 2 aliphatic carbocycles. The highest BCUT2D eigenvalue weighted by Gasteiger charge is 2.53. The summed E-state index contributed by atoms with van der Waals surface area (Å²) in [5.74, 6) is -0.131. The van der Waals surface area contributed by atoms with Crippen molar-refractivity contribution < 1.29 is 9.53 Å². The Labute approximate surface area is 98.1 Å². The van der Waals surface area contributed by atoms with Crippen LogP contribution in [-0.2, 0) is 9.53 Å². The van der Waals surface area contributed by atoms with Gasteiger partial charge in [-0.1, -0.05) is 26.0 Å². The maximum Gasteiger partial charge on any atom is 0.302 e. The zero-order valence-corrected chi connectivity index (χ0v) is 10.6. The molecule has 0 aromatic carbocycles. The molecule has 2 unspecified atom stereocenters. The third-order valence-electron chi connectivity index (χ3n) is 4.32. The minimum Gasteiger partial charge on any atom is -0.461 e. The second-order valence-electron chi connectivity index (χ2n) is 6.05. The summed E-state index contributed by atoms with van der Waals surface area (Å²) in [5, 5.41) is 0. The van der Waals surface area contributed by atoms with Crippen LogP contribution in [0.3, 0.4) is 0 Å². The zero-order valence-electron chi connectivity index (χ0n) is 10.6. The summed E-state index contributed by atoms with van der Waals surface area (Å²) in [5.41, 5.74) is 0.362. The van der Waals surface area contributed by atoms with Crippen LogP contribution in [0.25, 0.3) is 0 Å². The largest absolute Gasteiger partial charge is 0.461 e. The highest BCUT2D eigenvalue weighted by Crippen LogP contribution is 2.56. The first-order valence-electron chi connectivity index (χ1n) is 6.29. The number of ether oxygens (including phenoxy) is 1. The number of carbonyl (C=O) groups is 1. The standard InChI is InChI=1S/C14H22O2/c1-11(15)16-12-13(2,3)9-10-14(12)7-5-4-6-8-14/h4-5,12H,6-10H2,1-3H3. The highest BCUT2D eigenvalue weighted by atomic mass is 16.5. The molecule has 2 nitrogen and oxygen atoms in total. The summed E-state index contributed by atoms with van der Waals surface area (Å²) in [6.45, 7) is 5.99. The van der Waals surface area contributed by atoms with Crippen LogP contribution in [-0.4, -0.2) is 12.1 Å². The molecule has 1 fully saturated rings. The van der Waals surface area contributed by atoms with E-state index in [1.54, 1.807) is 0 Å². The fraction of sp³-hybridized carbons (Fsp3) is 0.786. The molecule has 16 heavy (non-hydrogen) atoms. The van der Waals surface area contributed by atoms with Gasteiger partial charge in [-0.05, 0) is 32.1 Å². The normalized spacial score (nSPS) is 36.6. The first kappa shape index (κ1) is 11.7. The molecule has 2 aliphatic rings. The number of carbonyl (C=O) groups excluding carboxylic acids is 1. The monoisotopic (exact) mass is 222 g/mol. The maximum absolute atomic E-state index is 11.3. The van der Waals surface area contributed by atoms with Gasteiger partial charge in [0.05, 0.1) is 0 Å². The van der Waals surface area contributed by atoms with Crippen molar-refractivity contribution in [2.75, 3.05) is 0 Å². The second-order valence-corrected chi connectivity index (χ2v) is 6.05. The van der Waals surface area contributed by atoms with Crippen LogP contribution in [0.4, 0.5) is 0 Å². The van der Waals surface area contributed by atoms with E-state index in [0.717, 1.165) is 12.8 Å². The van der Waals surface area contributed by atoms with Crippen LogP contribution in [0, 0.1) is 10.8 Å². The van der Waals surface area contributed by atoms with Crippen molar-refractivity contribution in [3.63, 3.8) is 0 Å². The Kier molecular flexibility index (Phi) is 2.85. The van der Waals surface area contributed by atoms with Gasteiger partial charge in [0.25, 0.3) is 0 Å². The lowest BCUT2D eigenvalue weighted by atomic mass is 9.71. The minimum atomic E-state index is -0.131. The summed E-state index contributed by atoms with van der Waals surface area (Å²) >= 11 is 0. The van der Waals surface area contributed by atoms with Gasteiger partial charge in [0.15, 0.2) is 0 Å². The van der Waals surface area contributed by atoms with E-state index in [1.807, 2.05) is 0 Å². The Morgan fingerprint density at radius 1 is 1.25 bits per heavy atom. The molecule has 0 radical (unpaired) electrons. The van der Waals surface area contributed by atoms with Crippen molar-refractivity contribution in [1.29, 1.82) is 0 Å². The van der Waals surface area contributed by atoms with E-state index in [1.165, 1.54) is 26.2 Å². The lowest BCUT2D eigenvalue weighted by molar-refractivity contribution is -0.159. The molecule has 0 aromatic heterocycles. The summed E-state index contributed by atoms with van der Waals surface area (Å²) in [4.78, 5) is 11.3. The molecule has 2 atom stereocenters. The fourth-order valence-electron chi connectivity index (χ4n) is 3.49. The van der Waals surface area contributed by atoms with E-state index in [-0.39, 0.29) is 22.9 Å². The van der Waals surface area contributed by atoms with Crippen molar-refractivity contribution in [3.8, 4) is 0 Å². The maximum atomic E-state index is 11.3. The van der Waals surface area contributed by atoms with Crippen LogP contribution in [0.15, 0.2) is 12.2 Å². The molecule has 90 valence electrons. The third kappa shape index (κ3) is 1.90. The predicted molar refractivity (Wildman–Crippen MR) is 64.0 cm³/mol. The summed E-state index contributed by atoms with van der Waals surface area (Å²) in [7, 11) is 0. The third-order valence-corrected chi connectivity index (χ3v) is 4.32. The topological polar surface area (TPSA) is 26.3 Å². The first-order valence-corrected chi connectivity index (χ1v) is 6.29. The Morgan fingerprint density at radius 2 is 2.00 bits per heavy atom. The van der Waals surface area contributed by atoms with Crippen molar-refractivity contribution in [3.05, 3.63) is 12.2 Å². The smallest absolute Gasteiger partial charge is 0.302 e. The van der Waals surface area contributed by atoms with Crippen molar-refractivity contribution in [2.24, 2.45) is 10.8 Å². The Hall–Kier alpha value is -0.790. The van der Waals surface area contributed by atoms with Crippen molar-refractivity contribution in [1.82, 2.24) is 0 Å². The van der Waals surface area contributed by atoms with E-state index < -0.39 is 0 Å². The number of esters is 1. The van der Waals surface area contributed by atoms with Gasteiger partial charge >= 0.3 is 5.97 Å². The SMILES string of the molecule is CC(=O)OC1C(C)(C)CCC12CC=CCC2. The van der Waals surface area contributed by atoms with E-state index in [4.69, 9.17) is 4.74 Å². The van der Waals surface area contributed by atoms with Gasteiger partial charge in [-0.2, -0.15) is 0 Å². The van der Waals surface area contributed by atoms with Crippen LogP contribution in [0.1, 0.15) is 52.9 Å². The lowest BCUT2D eigenvalue weighted by Gasteiger charge is -2.40. The molecule has 0 aromatic rings. The van der Waals surface area contributed by atoms with Crippen LogP contribution < -0.4 is 0 Å². The van der Waals surface area contributed by atoms with Gasteiger partial charge in [-0.15, -0.1) is 0 Å². The van der Waals surface area contributed by atoms with Gasteiger partial charge in [-0.3, -0.25) is 4.79 Å². The van der Waals surface area contributed by atoms with Gasteiger partial charge in [0, 0.05) is 17.8 Å². The van der Waals surface area contributed by atoms with E-state index >= 15 is 0 Å². The lowest BCUT2D eigenvalue weighted by Crippen LogP contribution is -2.41. The average Bonchev–Trinajstić information content (AvgIpc) is 2.44. The molecule has 0 bridgehead atoms. The van der Waals surface area contributed by atoms with Crippen molar-refractivity contribution in [2.45, 2.75) is 59.0 Å². The number of allylic oxidation sites excluding steroid dienone is 2. The van der Waals surface area contributed by atoms with Gasteiger partial charge in [0.1, 0.15) is 6.10 Å². The molecular formula is C14H22O2. The first-order chi connectivity index (χ1) is 7.46. The molecule has 0 heterocycles. The van der Waals surface area contributed by atoms with E-state index in [9.17, 15) is 4.79 Å². The molecule has 1 saturated carbocycles. The van der Waals surface area contributed by atoms with Crippen LogP contribution >= 0.6 is 0 Å². The van der Waals surface area contributed by atoms with Gasteiger partial charge < -0.3 is 4.74 Å². The van der Waals surface area contributed by atoms with Crippen LogP contribution in [0.5, 0.6) is 0 Å². The minimum absolute atomic E-state index is 0.0995. The van der Waals surface area contributed by atoms with Gasteiger partial charge in [0.2, 0.25) is 0 Å². The Balaban J connectivity index is 2.24. The quantitative estimate of drug-likeness (QED) is 0.501. The molecule has 2 rings (SSSR count). The molecule has 0 N–H and O–H groups in total. The molecular weight excluding hydrogens is 200 g/mol. The summed E-state index contributed by atoms with van der Waals surface area (Å²) in [6.07, 6.45) is 10.4. The fourth-order valence-corrected chi connectivity index (χ4v) is 3.49. The molecule has 1 spiro atoms. The van der Waals surface area contributed by atoms with Crippen LogP contribution in [0.2, 0.25) is 0 Å². The molecule has 0 saturated heterocycles. The highest BCUT2D eigenvalue weighted by molar-refractivity contribution is 5.66. The Bertz CT molecular complexity index is 317. The number of hydrogen-bond donors (Lipinski definition) is 0. The Morgan fingerprint density at radius 3 is 2.56 bits per heavy atom. The van der Waals surface area contributed by atoms with Crippen molar-refractivity contribution >= 4 is 5.97 Å². The average molecular weight is 222 g/mol. The molecule has 2 heteroatoms. The predicted octanol–water partition coefficient (Wildman–Crippen LogP) is 3.46. The summed E-state index contributed by atoms with van der Waals surface area (Å²) < 4.78 is 5.65. The summed E-state index contributed by atoms with van der Waals surface area (Å²) in [6, 6.07) is 0. The zero-order chi connectivity index (χ0) is 11.8.